The van der Waals surface area contributed by atoms with E-state index in [1.54, 1.807) is 19.2 Å². The SMILES string of the molecule is CNC(=O)c1ccc2cc3n(c2c1)CC(C(=O)O)=Cc1ccccc1-3. The monoisotopic (exact) mass is 332 g/mol. The van der Waals surface area contributed by atoms with E-state index in [9.17, 15) is 14.7 Å². The van der Waals surface area contributed by atoms with Crippen molar-refractivity contribution in [1.82, 2.24) is 9.88 Å². The Bertz CT molecular complexity index is 1060. The third kappa shape index (κ3) is 2.41. The lowest BCUT2D eigenvalue weighted by Gasteiger charge is -2.10. The highest BCUT2D eigenvalue weighted by Gasteiger charge is 2.21. The first-order valence-electron chi connectivity index (χ1n) is 7.97. The van der Waals surface area contributed by atoms with Crippen molar-refractivity contribution in [3.05, 3.63) is 65.2 Å². The van der Waals surface area contributed by atoms with Gasteiger partial charge in [-0.15, -0.1) is 0 Å². The molecule has 1 aliphatic rings. The second-order valence-corrected chi connectivity index (χ2v) is 6.03. The van der Waals surface area contributed by atoms with Crippen LogP contribution in [0, 0.1) is 0 Å². The van der Waals surface area contributed by atoms with Gasteiger partial charge in [-0.05, 0) is 29.8 Å². The molecule has 0 fully saturated rings. The third-order valence-electron chi connectivity index (χ3n) is 4.56. The van der Waals surface area contributed by atoms with Gasteiger partial charge in [-0.25, -0.2) is 4.79 Å². The molecule has 124 valence electrons. The van der Waals surface area contributed by atoms with Crippen molar-refractivity contribution < 1.29 is 14.7 Å². The molecule has 0 aliphatic carbocycles. The average Bonchev–Trinajstić information content (AvgIpc) is 2.89. The van der Waals surface area contributed by atoms with Crippen molar-refractivity contribution in [2.24, 2.45) is 0 Å². The van der Waals surface area contributed by atoms with Crippen LogP contribution in [0.25, 0.3) is 28.2 Å². The van der Waals surface area contributed by atoms with Gasteiger partial charge in [0.25, 0.3) is 5.91 Å². The van der Waals surface area contributed by atoms with Crippen molar-refractivity contribution >= 4 is 28.9 Å². The molecule has 4 rings (SSSR count). The number of aromatic nitrogens is 1. The summed E-state index contributed by atoms with van der Waals surface area (Å²) in [6.07, 6.45) is 1.72. The summed E-state index contributed by atoms with van der Waals surface area (Å²) in [6.45, 7) is 0.250. The van der Waals surface area contributed by atoms with Crippen LogP contribution in [0.4, 0.5) is 0 Å². The van der Waals surface area contributed by atoms with Gasteiger partial charge in [0, 0.05) is 29.1 Å². The molecule has 1 aromatic heterocycles. The van der Waals surface area contributed by atoms with E-state index in [0.717, 1.165) is 27.7 Å². The van der Waals surface area contributed by atoms with E-state index in [1.165, 1.54) is 0 Å². The summed E-state index contributed by atoms with van der Waals surface area (Å²) in [6, 6.07) is 15.3. The molecular weight excluding hydrogens is 316 g/mol. The van der Waals surface area contributed by atoms with Crippen molar-refractivity contribution in [3.8, 4) is 11.3 Å². The lowest BCUT2D eigenvalue weighted by molar-refractivity contribution is -0.132. The predicted octanol–water partition coefficient (Wildman–Crippen LogP) is 3.15. The standard InChI is InChI=1S/C20H16N2O3/c1-21-19(23)14-7-6-13-9-18-16-5-3-2-4-12(16)8-15(20(24)25)11-22(18)17(13)10-14/h2-10H,11H2,1H3,(H,21,23)(H,24,25). The Morgan fingerprint density at radius 1 is 1.12 bits per heavy atom. The molecule has 0 bridgehead atoms. The van der Waals surface area contributed by atoms with E-state index in [0.29, 0.717) is 11.1 Å². The zero-order chi connectivity index (χ0) is 17.6. The second kappa shape index (κ2) is 5.63. The average molecular weight is 332 g/mol. The van der Waals surface area contributed by atoms with Gasteiger partial charge in [-0.1, -0.05) is 30.3 Å². The maximum atomic E-state index is 12.0. The Balaban J connectivity index is 2.02. The zero-order valence-electron chi connectivity index (χ0n) is 13.6. The Hall–Kier alpha value is -3.34. The van der Waals surface area contributed by atoms with Crippen LogP contribution in [0.15, 0.2) is 54.1 Å². The highest BCUT2D eigenvalue weighted by atomic mass is 16.4. The number of carbonyl (C=O) groups excluding carboxylic acids is 1. The lowest BCUT2D eigenvalue weighted by Crippen LogP contribution is -2.17. The fraction of sp³-hybridized carbons (Fsp3) is 0.100. The van der Waals surface area contributed by atoms with E-state index < -0.39 is 5.97 Å². The maximum absolute atomic E-state index is 12.0. The van der Waals surface area contributed by atoms with Gasteiger partial charge in [-0.3, -0.25) is 4.79 Å². The summed E-state index contributed by atoms with van der Waals surface area (Å²) in [4.78, 5) is 23.6. The smallest absolute Gasteiger partial charge is 0.333 e. The van der Waals surface area contributed by atoms with Gasteiger partial charge < -0.3 is 15.0 Å². The largest absolute Gasteiger partial charge is 0.478 e. The molecule has 0 spiro atoms. The summed E-state index contributed by atoms with van der Waals surface area (Å²) >= 11 is 0. The predicted molar refractivity (Wildman–Crippen MR) is 96.4 cm³/mol. The molecule has 5 nitrogen and oxygen atoms in total. The maximum Gasteiger partial charge on any atom is 0.333 e. The van der Waals surface area contributed by atoms with Crippen LogP contribution in [-0.4, -0.2) is 28.6 Å². The van der Waals surface area contributed by atoms with Gasteiger partial charge in [0.15, 0.2) is 0 Å². The number of fused-ring (bicyclic) bond motifs is 5. The minimum Gasteiger partial charge on any atom is -0.478 e. The molecule has 2 N–H and O–H groups in total. The number of carboxylic acid groups (broad SMARTS) is 1. The van der Waals surface area contributed by atoms with Crippen LogP contribution < -0.4 is 5.32 Å². The molecule has 3 aromatic rings. The molecule has 0 unspecified atom stereocenters. The Morgan fingerprint density at radius 3 is 2.68 bits per heavy atom. The summed E-state index contributed by atoms with van der Waals surface area (Å²) < 4.78 is 1.97. The number of nitrogens with one attached hydrogen (secondary N) is 1. The molecule has 25 heavy (non-hydrogen) atoms. The number of aliphatic carboxylic acids is 1. The molecule has 0 atom stereocenters. The van der Waals surface area contributed by atoms with Crippen LogP contribution in [0.2, 0.25) is 0 Å². The Kier molecular flexibility index (Phi) is 3.42. The summed E-state index contributed by atoms with van der Waals surface area (Å²) in [7, 11) is 1.59. The van der Waals surface area contributed by atoms with Crippen LogP contribution in [0.1, 0.15) is 15.9 Å². The van der Waals surface area contributed by atoms with E-state index in [2.05, 4.69) is 5.32 Å². The summed E-state index contributed by atoms with van der Waals surface area (Å²) in [5.41, 5.74) is 4.53. The fourth-order valence-electron chi connectivity index (χ4n) is 3.32. The van der Waals surface area contributed by atoms with Crippen LogP contribution >= 0.6 is 0 Å². The Morgan fingerprint density at radius 2 is 1.92 bits per heavy atom. The number of rotatable bonds is 2. The highest BCUT2D eigenvalue weighted by molar-refractivity contribution is 6.01. The van der Waals surface area contributed by atoms with Crippen molar-refractivity contribution in [2.75, 3.05) is 7.05 Å². The third-order valence-corrected chi connectivity index (χ3v) is 4.56. The number of hydrogen-bond donors (Lipinski definition) is 2. The first-order chi connectivity index (χ1) is 12.1. The van der Waals surface area contributed by atoms with Crippen molar-refractivity contribution in [1.29, 1.82) is 0 Å². The first-order valence-corrected chi connectivity index (χ1v) is 7.97. The number of nitrogens with zero attached hydrogens (tertiary/aromatic N) is 1. The summed E-state index contributed by atoms with van der Waals surface area (Å²) in [5, 5.41) is 13.2. The zero-order valence-corrected chi connectivity index (χ0v) is 13.6. The van der Waals surface area contributed by atoms with Gasteiger partial charge in [0.2, 0.25) is 0 Å². The van der Waals surface area contributed by atoms with E-state index in [1.807, 2.05) is 47.0 Å². The Labute approximate surface area is 144 Å². The van der Waals surface area contributed by atoms with E-state index in [-0.39, 0.29) is 12.5 Å². The fourth-order valence-corrected chi connectivity index (χ4v) is 3.32. The number of carbonyl (C=O) groups is 2. The molecule has 0 saturated heterocycles. The van der Waals surface area contributed by atoms with Crippen LogP contribution in [0.5, 0.6) is 0 Å². The van der Waals surface area contributed by atoms with Gasteiger partial charge in [0.05, 0.1) is 17.8 Å². The molecule has 0 saturated carbocycles. The van der Waals surface area contributed by atoms with Gasteiger partial charge in [0.1, 0.15) is 0 Å². The van der Waals surface area contributed by atoms with E-state index in [4.69, 9.17) is 0 Å². The molecule has 0 radical (unpaired) electrons. The minimum absolute atomic E-state index is 0.166. The lowest BCUT2D eigenvalue weighted by atomic mass is 10.0. The van der Waals surface area contributed by atoms with Crippen molar-refractivity contribution in [3.63, 3.8) is 0 Å². The van der Waals surface area contributed by atoms with Gasteiger partial charge >= 0.3 is 5.97 Å². The second-order valence-electron chi connectivity index (χ2n) is 6.03. The molecule has 1 aliphatic heterocycles. The topological polar surface area (TPSA) is 71.3 Å². The molecule has 2 aromatic carbocycles. The molecular formula is C20H16N2O3. The van der Waals surface area contributed by atoms with Crippen molar-refractivity contribution in [2.45, 2.75) is 6.54 Å². The van der Waals surface area contributed by atoms with Crippen LogP contribution in [-0.2, 0) is 11.3 Å². The number of carboxylic acids is 1. The number of amides is 1. The number of hydrogen-bond acceptors (Lipinski definition) is 2. The van der Waals surface area contributed by atoms with Gasteiger partial charge in [-0.2, -0.15) is 0 Å². The van der Waals surface area contributed by atoms with E-state index >= 15 is 0 Å². The van der Waals surface area contributed by atoms with Crippen LogP contribution in [0.3, 0.4) is 0 Å². The molecule has 5 heteroatoms. The highest BCUT2D eigenvalue weighted by Crippen LogP contribution is 2.35. The normalized spacial score (nSPS) is 12.8. The first kappa shape index (κ1) is 15.2. The summed E-state index contributed by atoms with van der Waals surface area (Å²) in [5.74, 6) is -1.10. The number of benzene rings is 2. The molecule has 2 heterocycles. The quantitative estimate of drug-likeness (QED) is 0.757. The molecule has 1 amide bonds. The minimum atomic E-state index is -0.938.